The van der Waals surface area contributed by atoms with Crippen LogP contribution < -0.4 is 15.0 Å². The number of benzene rings is 3. The molecule has 6 heteroatoms. The summed E-state index contributed by atoms with van der Waals surface area (Å²) in [4.78, 5) is 28.8. The molecule has 0 aromatic heterocycles. The average molecular weight is 402 g/mol. The van der Waals surface area contributed by atoms with Crippen LogP contribution in [0.15, 0.2) is 78.9 Å². The first-order valence-corrected chi connectivity index (χ1v) is 9.71. The topological polar surface area (TPSA) is 67.9 Å². The molecule has 0 unspecified atom stereocenters. The van der Waals surface area contributed by atoms with Crippen LogP contribution >= 0.6 is 0 Å². The van der Waals surface area contributed by atoms with Gasteiger partial charge in [-0.25, -0.2) is 4.79 Å². The van der Waals surface area contributed by atoms with Gasteiger partial charge in [-0.1, -0.05) is 54.6 Å². The zero-order valence-corrected chi connectivity index (χ0v) is 16.8. The van der Waals surface area contributed by atoms with Crippen molar-refractivity contribution in [1.82, 2.24) is 0 Å². The van der Waals surface area contributed by atoms with E-state index in [1.165, 1.54) is 12.0 Å². The minimum atomic E-state index is -1.60. The van der Waals surface area contributed by atoms with Gasteiger partial charge in [0.25, 0.3) is 5.91 Å². The maximum absolute atomic E-state index is 13.8. The number of fused-ring (bicyclic) bond motifs is 1. The third kappa shape index (κ3) is 2.97. The molecule has 30 heavy (non-hydrogen) atoms. The standard InChI is InChI=1S/C24H22N2O4/c1-3-30-23(28)24(17-11-5-4-6-12-17)25-19-14-8-7-13-18(19)22(27)26(24)20-15-9-10-16-21(20)29-2/h4-16,25H,3H2,1-2H3/t24-/m0/s1. The molecule has 0 saturated heterocycles. The lowest BCUT2D eigenvalue weighted by atomic mass is 9.91. The van der Waals surface area contributed by atoms with Crippen molar-refractivity contribution >= 4 is 23.3 Å². The van der Waals surface area contributed by atoms with Crippen molar-refractivity contribution < 1.29 is 19.1 Å². The van der Waals surface area contributed by atoms with Crippen LogP contribution in [0.3, 0.4) is 0 Å². The molecule has 1 heterocycles. The maximum Gasteiger partial charge on any atom is 0.358 e. The van der Waals surface area contributed by atoms with Crippen molar-refractivity contribution in [3.63, 3.8) is 0 Å². The summed E-state index contributed by atoms with van der Waals surface area (Å²) >= 11 is 0. The van der Waals surface area contributed by atoms with E-state index in [2.05, 4.69) is 5.32 Å². The molecule has 4 rings (SSSR count). The van der Waals surface area contributed by atoms with Crippen molar-refractivity contribution in [3.05, 3.63) is 90.0 Å². The molecule has 1 aliphatic heterocycles. The largest absolute Gasteiger partial charge is 0.495 e. The molecule has 1 amide bonds. The molecular weight excluding hydrogens is 380 g/mol. The fourth-order valence-corrected chi connectivity index (χ4v) is 3.78. The zero-order chi connectivity index (χ0) is 21.1. The second-order valence-electron chi connectivity index (χ2n) is 6.78. The Morgan fingerprint density at radius 1 is 0.967 bits per heavy atom. The number of nitrogens with zero attached hydrogens (tertiary/aromatic N) is 1. The van der Waals surface area contributed by atoms with Gasteiger partial charge in [0.2, 0.25) is 5.66 Å². The van der Waals surface area contributed by atoms with Crippen LogP contribution in [0.2, 0.25) is 0 Å². The highest BCUT2D eigenvalue weighted by atomic mass is 16.5. The Morgan fingerprint density at radius 2 is 1.63 bits per heavy atom. The molecule has 1 aliphatic rings. The highest BCUT2D eigenvalue weighted by molar-refractivity contribution is 6.17. The van der Waals surface area contributed by atoms with Gasteiger partial charge in [0, 0.05) is 11.3 Å². The van der Waals surface area contributed by atoms with Crippen LogP contribution in [-0.4, -0.2) is 25.6 Å². The van der Waals surface area contributed by atoms with E-state index in [1.54, 1.807) is 55.5 Å². The van der Waals surface area contributed by atoms with Gasteiger partial charge in [0.15, 0.2) is 0 Å². The lowest BCUT2D eigenvalue weighted by Crippen LogP contribution is -2.63. The zero-order valence-electron chi connectivity index (χ0n) is 16.8. The minimum Gasteiger partial charge on any atom is -0.495 e. The fraction of sp³-hybridized carbons (Fsp3) is 0.167. The highest BCUT2D eigenvalue weighted by Crippen LogP contribution is 2.44. The summed E-state index contributed by atoms with van der Waals surface area (Å²) in [6.07, 6.45) is 0. The predicted octanol–water partition coefficient (Wildman–Crippen LogP) is 4.18. The lowest BCUT2D eigenvalue weighted by Gasteiger charge is -2.46. The van der Waals surface area contributed by atoms with E-state index in [9.17, 15) is 9.59 Å². The Balaban J connectivity index is 2.06. The summed E-state index contributed by atoms with van der Waals surface area (Å²) in [5.74, 6) is -0.438. The van der Waals surface area contributed by atoms with Crippen LogP contribution in [0.1, 0.15) is 22.8 Å². The van der Waals surface area contributed by atoms with Gasteiger partial charge in [0.05, 0.1) is 25.0 Å². The van der Waals surface area contributed by atoms with Gasteiger partial charge in [-0.2, -0.15) is 0 Å². The Kier molecular flexibility index (Phi) is 5.14. The SMILES string of the molecule is CCOC(=O)[C@@]1(c2ccccc2)Nc2ccccc2C(=O)N1c1ccccc1OC. The normalized spacial score (nSPS) is 17.7. The number of carbonyl (C=O) groups is 2. The number of methoxy groups -OCH3 is 1. The van der Waals surface area contributed by atoms with Crippen LogP contribution in [0, 0.1) is 0 Å². The predicted molar refractivity (Wildman–Crippen MR) is 115 cm³/mol. The molecule has 0 fully saturated rings. The maximum atomic E-state index is 13.8. The van der Waals surface area contributed by atoms with Gasteiger partial charge in [0.1, 0.15) is 5.75 Å². The fourth-order valence-electron chi connectivity index (χ4n) is 3.78. The molecule has 1 N–H and O–H groups in total. The molecule has 0 bridgehead atoms. The number of anilines is 2. The second kappa shape index (κ2) is 7.91. The van der Waals surface area contributed by atoms with Crippen LogP contribution in [-0.2, 0) is 15.2 Å². The number of rotatable bonds is 5. The Labute approximate surface area is 175 Å². The summed E-state index contributed by atoms with van der Waals surface area (Å²) in [5.41, 5.74) is 0.461. The van der Waals surface area contributed by atoms with E-state index >= 15 is 0 Å². The van der Waals surface area contributed by atoms with Crippen molar-refractivity contribution in [1.29, 1.82) is 0 Å². The van der Waals surface area contributed by atoms with Crippen LogP contribution in [0.5, 0.6) is 5.75 Å². The molecule has 0 saturated carbocycles. The summed E-state index contributed by atoms with van der Waals surface area (Å²) in [6, 6.07) is 23.3. The van der Waals surface area contributed by atoms with Gasteiger partial charge < -0.3 is 14.8 Å². The number of esters is 1. The first-order valence-electron chi connectivity index (χ1n) is 9.71. The van der Waals surface area contributed by atoms with Crippen molar-refractivity contribution in [3.8, 4) is 5.75 Å². The van der Waals surface area contributed by atoms with E-state index in [4.69, 9.17) is 9.47 Å². The molecule has 6 nitrogen and oxygen atoms in total. The molecular formula is C24H22N2O4. The molecule has 1 atom stereocenters. The highest BCUT2D eigenvalue weighted by Gasteiger charge is 2.54. The Morgan fingerprint density at radius 3 is 2.37 bits per heavy atom. The smallest absolute Gasteiger partial charge is 0.358 e. The van der Waals surface area contributed by atoms with Crippen LogP contribution in [0.25, 0.3) is 0 Å². The Bertz CT molecular complexity index is 1080. The summed E-state index contributed by atoms with van der Waals surface area (Å²) < 4.78 is 11.0. The molecule has 0 spiro atoms. The van der Waals surface area contributed by atoms with Crippen molar-refractivity contribution in [2.24, 2.45) is 0 Å². The molecule has 0 radical (unpaired) electrons. The number of nitrogens with one attached hydrogen (secondary N) is 1. The number of para-hydroxylation sites is 3. The quantitative estimate of drug-likeness (QED) is 0.649. The number of carbonyl (C=O) groups excluding carboxylic acids is 2. The number of amides is 1. The number of hydrogen-bond donors (Lipinski definition) is 1. The first-order chi connectivity index (χ1) is 14.6. The molecule has 0 aliphatic carbocycles. The summed E-state index contributed by atoms with van der Waals surface area (Å²) in [6.45, 7) is 1.91. The summed E-state index contributed by atoms with van der Waals surface area (Å²) in [7, 11) is 1.53. The van der Waals surface area contributed by atoms with Gasteiger partial charge in [-0.05, 0) is 31.2 Å². The molecule has 152 valence electrons. The van der Waals surface area contributed by atoms with E-state index < -0.39 is 11.6 Å². The molecule has 3 aromatic rings. The van der Waals surface area contributed by atoms with Gasteiger partial charge in [-0.15, -0.1) is 0 Å². The monoisotopic (exact) mass is 402 g/mol. The minimum absolute atomic E-state index is 0.171. The first kappa shape index (κ1) is 19.5. The molecule has 3 aromatic carbocycles. The van der Waals surface area contributed by atoms with Gasteiger partial charge in [-0.3, -0.25) is 9.69 Å². The van der Waals surface area contributed by atoms with E-state index in [-0.39, 0.29) is 12.5 Å². The van der Waals surface area contributed by atoms with Gasteiger partial charge >= 0.3 is 5.97 Å². The lowest BCUT2D eigenvalue weighted by molar-refractivity contribution is -0.148. The van der Waals surface area contributed by atoms with E-state index in [0.29, 0.717) is 28.3 Å². The van der Waals surface area contributed by atoms with Crippen LogP contribution in [0.4, 0.5) is 11.4 Å². The van der Waals surface area contributed by atoms with Crippen molar-refractivity contribution in [2.75, 3.05) is 23.9 Å². The third-order valence-electron chi connectivity index (χ3n) is 5.10. The van der Waals surface area contributed by atoms with E-state index in [1.807, 2.05) is 30.3 Å². The number of hydrogen-bond acceptors (Lipinski definition) is 5. The number of ether oxygens (including phenoxy) is 2. The summed E-state index contributed by atoms with van der Waals surface area (Å²) in [5, 5.41) is 3.32. The third-order valence-corrected chi connectivity index (χ3v) is 5.10. The average Bonchev–Trinajstić information content (AvgIpc) is 2.79. The Hall–Kier alpha value is -3.80. The second-order valence-corrected chi connectivity index (χ2v) is 6.78. The van der Waals surface area contributed by atoms with Crippen molar-refractivity contribution in [2.45, 2.75) is 12.6 Å². The van der Waals surface area contributed by atoms with E-state index in [0.717, 1.165) is 0 Å².